The highest BCUT2D eigenvalue weighted by atomic mass is 35.5. The Labute approximate surface area is 139 Å². The molecular formula is C18H17ClN2O2. The van der Waals surface area contributed by atoms with Crippen LogP contribution in [0.5, 0.6) is 0 Å². The van der Waals surface area contributed by atoms with Gasteiger partial charge < -0.3 is 10.6 Å². The van der Waals surface area contributed by atoms with Crippen molar-refractivity contribution in [1.82, 2.24) is 5.32 Å². The molecule has 0 aliphatic heterocycles. The predicted molar refractivity (Wildman–Crippen MR) is 90.6 cm³/mol. The SMILES string of the molecule is CC(=O)Nc1cccc(C(=O)NC2(c3cccc(Cl)c3)CC2)c1. The third kappa shape index (κ3) is 3.54. The lowest BCUT2D eigenvalue weighted by atomic mass is 10.0. The van der Waals surface area contributed by atoms with E-state index in [9.17, 15) is 9.59 Å². The minimum Gasteiger partial charge on any atom is -0.343 e. The number of carbonyl (C=O) groups is 2. The molecular weight excluding hydrogens is 312 g/mol. The smallest absolute Gasteiger partial charge is 0.252 e. The van der Waals surface area contributed by atoms with E-state index >= 15 is 0 Å². The van der Waals surface area contributed by atoms with Crippen LogP contribution in [0.2, 0.25) is 5.02 Å². The molecule has 1 fully saturated rings. The van der Waals surface area contributed by atoms with Crippen LogP contribution in [0.25, 0.3) is 0 Å². The van der Waals surface area contributed by atoms with Crippen LogP contribution in [0.1, 0.15) is 35.7 Å². The second-order valence-corrected chi connectivity index (χ2v) is 6.25. The number of nitrogens with one attached hydrogen (secondary N) is 2. The van der Waals surface area contributed by atoms with Gasteiger partial charge in [0.2, 0.25) is 5.91 Å². The van der Waals surface area contributed by atoms with Gasteiger partial charge in [0.25, 0.3) is 5.91 Å². The van der Waals surface area contributed by atoms with Crippen LogP contribution in [0.15, 0.2) is 48.5 Å². The molecule has 1 aliphatic carbocycles. The summed E-state index contributed by atoms with van der Waals surface area (Å²) in [6.45, 7) is 1.44. The predicted octanol–water partition coefficient (Wildman–Crippen LogP) is 3.72. The van der Waals surface area contributed by atoms with Gasteiger partial charge >= 0.3 is 0 Å². The first-order valence-electron chi connectivity index (χ1n) is 7.45. The van der Waals surface area contributed by atoms with Crippen LogP contribution in [0, 0.1) is 0 Å². The molecule has 2 N–H and O–H groups in total. The molecule has 0 heterocycles. The number of hydrogen-bond donors (Lipinski definition) is 2. The van der Waals surface area contributed by atoms with E-state index in [-0.39, 0.29) is 17.4 Å². The monoisotopic (exact) mass is 328 g/mol. The Hall–Kier alpha value is -2.33. The lowest BCUT2D eigenvalue weighted by molar-refractivity contribution is -0.114. The number of benzene rings is 2. The van der Waals surface area contributed by atoms with E-state index in [4.69, 9.17) is 11.6 Å². The zero-order valence-electron chi connectivity index (χ0n) is 12.7. The standard InChI is InChI=1S/C18H17ClN2O2/c1-12(22)20-16-7-2-4-13(10-16)17(23)21-18(8-9-18)14-5-3-6-15(19)11-14/h2-7,10-11H,8-9H2,1H3,(H,20,22)(H,21,23). The van der Waals surface area contributed by atoms with Crippen LogP contribution in [-0.2, 0) is 10.3 Å². The van der Waals surface area contributed by atoms with Crippen molar-refractivity contribution in [1.29, 1.82) is 0 Å². The number of rotatable bonds is 4. The highest BCUT2D eigenvalue weighted by Gasteiger charge is 2.45. The molecule has 0 saturated heterocycles. The Balaban J connectivity index is 1.78. The molecule has 0 unspecified atom stereocenters. The summed E-state index contributed by atoms with van der Waals surface area (Å²) in [6.07, 6.45) is 1.79. The molecule has 1 aliphatic rings. The Morgan fingerprint density at radius 3 is 2.48 bits per heavy atom. The van der Waals surface area contributed by atoms with Crippen LogP contribution >= 0.6 is 11.6 Å². The second kappa shape index (κ2) is 6.05. The molecule has 0 spiro atoms. The highest BCUT2D eigenvalue weighted by molar-refractivity contribution is 6.30. The molecule has 0 aromatic heterocycles. The van der Waals surface area contributed by atoms with Gasteiger partial charge in [0, 0.05) is 23.2 Å². The minimum atomic E-state index is -0.327. The van der Waals surface area contributed by atoms with Gasteiger partial charge in [-0.3, -0.25) is 9.59 Å². The first-order chi connectivity index (χ1) is 11.0. The lowest BCUT2D eigenvalue weighted by Gasteiger charge is -2.18. The van der Waals surface area contributed by atoms with E-state index in [0.717, 1.165) is 18.4 Å². The van der Waals surface area contributed by atoms with Crippen molar-refractivity contribution in [2.75, 3.05) is 5.32 Å². The van der Waals surface area contributed by atoms with Crippen LogP contribution in [-0.4, -0.2) is 11.8 Å². The van der Waals surface area contributed by atoms with Crippen molar-refractivity contribution >= 4 is 29.1 Å². The fourth-order valence-electron chi connectivity index (χ4n) is 2.63. The Kier molecular flexibility index (Phi) is 4.09. The molecule has 4 nitrogen and oxygen atoms in total. The minimum absolute atomic E-state index is 0.158. The summed E-state index contributed by atoms with van der Waals surface area (Å²) >= 11 is 6.05. The Morgan fingerprint density at radius 2 is 1.83 bits per heavy atom. The van der Waals surface area contributed by atoms with Gasteiger partial charge in [-0.25, -0.2) is 0 Å². The molecule has 2 aromatic rings. The Bertz CT molecular complexity index is 769. The second-order valence-electron chi connectivity index (χ2n) is 5.81. The van der Waals surface area contributed by atoms with Crippen LogP contribution < -0.4 is 10.6 Å². The van der Waals surface area contributed by atoms with Gasteiger partial charge in [0.05, 0.1) is 5.54 Å². The summed E-state index contributed by atoms with van der Waals surface area (Å²) in [5.41, 5.74) is 1.82. The number of carbonyl (C=O) groups excluding carboxylic acids is 2. The van der Waals surface area contributed by atoms with E-state index in [2.05, 4.69) is 10.6 Å². The van der Waals surface area contributed by atoms with Crippen LogP contribution in [0.4, 0.5) is 5.69 Å². The van der Waals surface area contributed by atoms with Crippen LogP contribution in [0.3, 0.4) is 0 Å². The molecule has 1 saturated carbocycles. The van der Waals surface area contributed by atoms with E-state index in [1.165, 1.54) is 6.92 Å². The van der Waals surface area contributed by atoms with Gasteiger partial charge in [-0.2, -0.15) is 0 Å². The van der Waals surface area contributed by atoms with Gasteiger partial charge in [-0.05, 0) is 48.7 Å². The molecule has 23 heavy (non-hydrogen) atoms. The zero-order chi connectivity index (χ0) is 16.4. The molecule has 2 aromatic carbocycles. The van der Waals surface area contributed by atoms with Gasteiger partial charge in [0.1, 0.15) is 0 Å². The number of hydrogen-bond acceptors (Lipinski definition) is 2. The van der Waals surface area contributed by atoms with Crippen molar-refractivity contribution in [3.63, 3.8) is 0 Å². The van der Waals surface area contributed by atoms with E-state index in [0.29, 0.717) is 16.3 Å². The average molecular weight is 329 g/mol. The quantitative estimate of drug-likeness (QED) is 0.898. The molecule has 0 radical (unpaired) electrons. The molecule has 0 bridgehead atoms. The topological polar surface area (TPSA) is 58.2 Å². The third-order valence-corrected chi connectivity index (χ3v) is 4.16. The van der Waals surface area contributed by atoms with E-state index in [1.807, 2.05) is 24.3 Å². The lowest BCUT2D eigenvalue weighted by Crippen LogP contribution is -2.34. The third-order valence-electron chi connectivity index (χ3n) is 3.93. The summed E-state index contributed by atoms with van der Waals surface area (Å²) in [4.78, 5) is 23.7. The molecule has 3 rings (SSSR count). The summed E-state index contributed by atoms with van der Waals surface area (Å²) in [7, 11) is 0. The fraction of sp³-hybridized carbons (Fsp3) is 0.222. The number of amides is 2. The van der Waals surface area contributed by atoms with Gasteiger partial charge in [0.15, 0.2) is 0 Å². The zero-order valence-corrected chi connectivity index (χ0v) is 13.5. The van der Waals surface area contributed by atoms with Gasteiger partial charge in [-0.15, -0.1) is 0 Å². The highest BCUT2D eigenvalue weighted by Crippen LogP contribution is 2.46. The maximum Gasteiger partial charge on any atom is 0.252 e. The van der Waals surface area contributed by atoms with Crippen molar-refractivity contribution in [3.8, 4) is 0 Å². The summed E-state index contributed by atoms with van der Waals surface area (Å²) in [6, 6.07) is 14.5. The van der Waals surface area contributed by atoms with Crippen molar-refractivity contribution in [2.24, 2.45) is 0 Å². The van der Waals surface area contributed by atoms with Crippen molar-refractivity contribution in [2.45, 2.75) is 25.3 Å². The number of halogens is 1. The first-order valence-corrected chi connectivity index (χ1v) is 7.83. The molecule has 118 valence electrons. The summed E-state index contributed by atoms with van der Waals surface area (Å²) in [5, 5.41) is 6.44. The molecule has 0 atom stereocenters. The van der Waals surface area contributed by atoms with E-state index in [1.54, 1.807) is 24.3 Å². The fourth-order valence-corrected chi connectivity index (χ4v) is 2.82. The summed E-state index contributed by atoms with van der Waals surface area (Å²) < 4.78 is 0. The maximum atomic E-state index is 12.5. The maximum absolute atomic E-state index is 12.5. The molecule has 5 heteroatoms. The first kappa shape index (κ1) is 15.6. The summed E-state index contributed by atoms with van der Waals surface area (Å²) in [5.74, 6) is -0.324. The molecule has 2 amide bonds. The number of anilines is 1. The van der Waals surface area contributed by atoms with Crippen molar-refractivity contribution < 1.29 is 9.59 Å². The van der Waals surface area contributed by atoms with Gasteiger partial charge in [-0.1, -0.05) is 29.8 Å². The van der Waals surface area contributed by atoms with Crippen molar-refractivity contribution in [3.05, 3.63) is 64.7 Å². The normalized spacial score (nSPS) is 14.9. The Morgan fingerprint density at radius 1 is 1.09 bits per heavy atom. The largest absolute Gasteiger partial charge is 0.343 e. The van der Waals surface area contributed by atoms with E-state index < -0.39 is 0 Å². The average Bonchev–Trinajstić information content (AvgIpc) is 3.28.